The lowest BCUT2D eigenvalue weighted by molar-refractivity contribution is -0.137. The predicted molar refractivity (Wildman–Crippen MR) is 112 cm³/mol. The number of nitrogens with one attached hydrogen (secondary N) is 2. The van der Waals surface area contributed by atoms with Gasteiger partial charge in [0.1, 0.15) is 11.5 Å². The van der Waals surface area contributed by atoms with E-state index in [-0.39, 0.29) is 5.69 Å². The number of halogens is 4. The van der Waals surface area contributed by atoms with Crippen molar-refractivity contribution in [1.29, 1.82) is 0 Å². The molecule has 3 aromatic rings. The lowest BCUT2D eigenvalue weighted by Crippen LogP contribution is -2.29. The highest BCUT2D eigenvalue weighted by atomic mass is 35.5. The highest BCUT2D eigenvalue weighted by Gasteiger charge is 2.33. The minimum Gasteiger partial charge on any atom is -0.457 e. The van der Waals surface area contributed by atoms with E-state index < -0.39 is 29.9 Å². The van der Waals surface area contributed by atoms with Crippen LogP contribution in [0.25, 0.3) is 0 Å². The van der Waals surface area contributed by atoms with Crippen molar-refractivity contribution < 1.29 is 32.8 Å². The maximum absolute atomic E-state index is 12.9. The van der Waals surface area contributed by atoms with Crippen LogP contribution in [0.4, 0.5) is 29.3 Å². The van der Waals surface area contributed by atoms with Gasteiger partial charge < -0.3 is 25.4 Å². The number of rotatable bonds is 5. The van der Waals surface area contributed by atoms with Crippen molar-refractivity contribution in [2.24, 2.45) is 0 Å². The molecule has 0 aromatic heterocycles. The molecule has 0 radical (unpaired) electrons. The fraction of sp³-hybridized carbons (Fsp3) is 0.0500. The Kier molecular flexibility index (Phi) is 6.74. The molecule has 0 fully saturated rings. The van der Waals surface area contributed by atoms with E-state index in [2.05, 4.69) is 10.6 Å². The Morgan fingerprint density at radius 3 is 1.94 bits per heavy atom. The molecule has 2 amide bonds. The average Bonchev–Trinajstić information content (AvgIpc) is 2.70. The Hall–Kier alpha value is -3.21. The van der Waals surface area contributed by atoms with Crippen LogP contribution in [0.2, 0.25) is 5.02 Å². The van der Waals surface area contributed by atoms with E-state index in [0.29, 0.717) is 22.6 Å². The second kappa shape index (κ2) is 9.30. The van der Waals surface area contributed by atoms with Gasteiger partial charge >= 0.3 is 19.3 Å². The molecule has 0 aliphatic heterocycles. The van der Waals surface area contributed by atoms with Gasteiger partial charge in [-0.3, -0.25) is 0 Å². The van der Waals surface area contributed by atoms with E-state index in [4.69, 9.17) is 26.4 Å². The summed E-state index contributed by atoms with van der Waals surface area (Å²) in [6.07, 6.45) is -4.64. The molecule has 31 heavy (non-hydrogen) atoms. The molecule has 3 rings (SSSR count). The van der Waals surface area contributed by atoms with Gasteiger partial charge in [0, 0.05) is 11.4 Å². The third-order valence-electron chi connectivity index (χ3n) is 4.06. The first kappa shape index (κ1) is 22.5. The van der Waals surface area contributed by atoms with E-state index in [9.17, 15) is 18.0 Å². The zero-order valence-corrected chi connectivity index (χ0v) is 16.4. The molecular weight excluding hydrogens is 435 g/mol. The molecular formula is C20H15BClF3N2O4. The summed E-state index contributed by atoms with van der Waals surface area (Å²) < 4.78 is 44.4. The lowest BCUT2D eigenvalue weighted by atomic mass is 9.80. The number of hydrogen-bond acceptors (Lipinski definition) is 4. The average molecular weight is 451 g/mol. The highest BCUT2D eigenvalue weighted by Crippen LogP contribution is 2.36. The molecule has 160 valence electrons. The molecule has 0 saturated carbocycles. The van der Waals surface area contributed by atoms with Gasteiger partial charge in [0.25, 0.3) is 0 Å². The standard InChI is InChI=1S/C20H15BClF3N2O4/c22-18-10-5-14(11-17(18)20(23,24)25)27-19(28)26-13-3-8-16(9-4-13)31-15-6-1-12(2-7-15)21(29)30/h1-11,29-30H,(H2,26,27,28). The molecule has 11 heteroatoms. The summed E-state index contributed by atoms with van der Waals surface area (Å²) in [5.74, 6) is 0.918. The highest BCUT2D eigenvalue weighted by molar-refractivity contribution is 6.58. The maximum Gasteiger partial charge on any atom is 0.488 e. The van der Waals surface area contributed by atoms with E-state index in [1.807, 2.05) is 0 Å². The molecule has 4 N–H and O–H groups in total. The Labute approximate surface area is 180 Å². The van der Waals surface area contributed by atoms with Crippen LogP contribution in [0.5, 0.6) is 11.5 Å². The second-order valence-corrected chi connectivity index (χ2v) is 6.75. The van der Waals surface area contributed by atoms with Gasteiger partial charge in [0.15, 0.2) is 0 Å². The summed E-state index contributed by atoms with van der Waals surface area (Å²) in [6.45, 7) is 0. The summed E-state index contributed by atoms with van der Waals surface area (Å²) >= 11 is 5.56. The van der Waals surface area contributed by atoms with Crippen molar-refractivity contribution in [2.75, 3.05) is 10.6 Å². The number of urea groups is 1. The van der Waals surface area contributed by atoms with Gasteiger partial charge in [-0.1, -0.05) is 23.7 Å². The fourth-order valence-corrected chi connectivity index (χ4v) is 2.79. The van der Waals surface area contributed by atoms with Crippen LogP contribution in [-0.2, 0) is 6.18 Å². The fourth-order valence-electron chi connectivity index (χ4n) is 2.56. The third kappa shape index (κ3) is 6.14. The van der Waals surface area contributed by atoms with Crippen LogP contribution < -0.4 is 20.8 Å². The number of amides is 2. The van der Waals surface area contributed by atoms with E-state index in [1.54, 1.807) is 36.4 Å². The smallest absolute Gasteiger partial charge is 0.457 e. The van der Waals surface area contributed by atoms with Crippen LogP contribution in [-0.4, -0.2) is 23.2 Å². The molecule has 3 aromatic carbocycles. The van der Waals surface area contributed by atoms with Crippen molar-refractivity contribution in [1.82, 2.24) is 0 Å². The first-order valence-electron chi connectivity index (χ1n) is 8.80. The predicted octanol–water partition coefficient (Wildman–Crippen LogP) is 4.47. The van der Waals surface area contributed by atoms with Crippen LogP contribution in [0.3, 0.4) is 0 Å². The molecule has 0 heterocycles. The summed E-state index contributed by atoms with van der Waals surface area (Å²) in [6, 6.07) is 14.7. The van der Waals surface area contributed by atoms with Crippen molar-refractivity contribution in [2.45, 2.75) is 6.18 Å². The van der Waals surface area contributed by atoms with Gasteiger partial charge in [-0.05, 0) is 60.1 Å². The SMILES string of the molecule is O=C(Nc1ccc(Oc2ccc(B(O)O)cc2)cc1)Nc1ccc(Cl)c(C(F)(F)F)c1. The molecule has 0 unspecified atom stereocenters. The molecule has 0 aliphatic carbocycles. The molecule has 0 saturated heterocycles. The molecule has 0 aliphatic rings. The first-order chi connectivity index (χ1) is 14.6. The van der Waals surface area contributed by atoms with Crippen molar-refractivity contribution in [3.8, 4) is 11.5 Å². The second-order valence-electron chi connectivity index (χ2n) is 6.34. The van der Waals surface area contributed by atoms with Crippen LogP contribution in [0.1, 0.15) is 5.56 Å². The topological polar surface area (TPSA) is 90.8 Å². The van der Waals surface area contributed by atoms with Crippen LogP contribution >= 0.6 is 11.6 Å². The number of benzene rings is 3. The van der Waals surface area contributed by atoms with Gasteiger partial charge in [-0.15, -0.1) is 0 Å². The number of ether oxygens (including phenoxy) is 1. The van der Waals surface area contributed by atoms with Gasteiger partial charge in [-0.2, -0.15) is 13.2 Å². The zero-order valence-electron chi connectivity index (χ0n) is 15.7. The van der Waals surface area contributed by atoms with Crippen molar-refractivity contribution in [3.63, 3.8) is 0 Å². The number of anilines is 2. The summed E-state index contributed by atoms with van der Waals surface area (Å²) in [4.78, 5) is 12.1. The number of alkyl halides is 3. The van der Waals surface area contributed by atoms with E-state index in [0.717, 1.165) is 12.1 Å². The Morgan fingerprint density at radius 1 is 0.871 bits per heavy atom. The lowest BCUT2D eigenvalue weighted by Gasteiger charge is -2.12. The minimum atomic E-state index is -4.64. The molecule has 6 nitrogen and oxygen atoms in total. The molecule has 0 bridgehead atoms. The van der Waals surface area contributed by atoms with Gasteiger partial charge in [0.05, 0.1) is 10.6 Å². The number of carbonyl (C=O) groups is 1. The van der Waals surface area contributed by atoms with Crippen molar-refractivity contribution in [3.05, 3.63) is 77.3 Å². The normalized spacial score (nSPS) is 11.0. The van der Waals surface area contributed by atoms with Crippen molar-refractivity contribution >= 4 is 41.6 Å². The summed E-state index contributed by atoms with van der Waals surface area (Å²) in [5, 5.41) is 22.5. The number of hydrogen-bond donors (Lipinski definition) is 4. The van der Waals surface area contributed by atoms with E-state index >= 15 is 0 Å². The van der Waals surface area contributed by atoms with E-state index in [1.165, 1.54) is 18.2 Å². The maximum atomic E-state index is 12.9. The largest absolute Gasteiger partial charge is 0.488 e. The Morgan fingerprint density at radius 2 is 1.39 bits per heavy atom. The molecule has 0 spiro atoms. The van der Waals surface area contributed by atoms with Gasteiger partial charge in [-0.25, -0.2) is 4.79 Å². The Balaban J connectivity index is 1.60. The zero-order chi connectivity index (χ0) is 22.6. The number of carbonyl (C=O) groups excluding carboxylic acids is 1. The summed E-state index contributed by atoms with van der Waals surface area (Å²) in [7, 11) is -1.57. The Bertz CT molecular complexity index is 1060. The molecule has 0 atom stereocenters. The summed E-state index contributed by atoms with van der Waals surface area (Å²) in [5.41, 5.74) is -0.407. The monoisotopic (exact) mass is 450 g/mol. The van der Waals surface area contributed by atoms with Crippen LogP contribution in [0.15, 0.2) is 66.7 Å². The van der Waals surface area contributed by atoms with Crippen LogP contribution in [0, 0.1) is 0 Å². The minimum absolute atomic E-state index is 0.0642. The quantitative estimate of drug-likeness (QED) is 0.432. The first-order valence-corrected chi connectivity index (χ1v) is 9.18. The third-order valence-corrected chi connectivity index (χ3v) is 4.39. The van der Waals surface area contributed by atoms with Gasteiger partial charge in [0.2, 0.25) is 0 Å².